The van der Waals surface area contributed by atoms with E-state index < -0.39 is 4.92 Å². The van der Waals surface area contributed by atoms with Crippen LogP contribution < -0.4 is 15.2 Å². The molecule has 0 heterocycles. The highest BCUT2D eigenvalue weighted by molar-refractivity contribution is 5.53. The molecule has 110 valence electrons. The Balaban J connectivity index is 2.37. The summed E-state index contributed by atoms with van der Waals surface area (Å²) in [5.74, 6) is 1.13. The minimum Gasteiger partial charge on any atom is -0.496 e. The van der Waals surface area contributed by atoms with Crippen LogP contribution in [-0.2, 0) is 6.54 Å². The molecule has 2 aromatic rings. The zero-order valence-electron chi connectivity index (χ0n) is 11.8. The third kappa shape index (κ3) is 3.29. The lowest BCUT2D eigenvalue weighted by Gasteiger charge is -2.11. The largest absolute Gasteiger partial charge is 0.496 e. The number of nitrogens with two attached hydrogens (primary N) is 1. The molecule has 2 rings (SSSR count). The lowest BCUT2D eigenvalue weighted by atomic mass is 10.1. The number of hydrogen-bond donors (Lipinski definition) is 1. The minimum atomic E-state index is -0.499. The molecule has 6 nitrogen and oxygen atoms in total. The zero-order valence-corrected chi connectivity index (χ0v) is 11.8. The Morgan fingerprint density at radius 2 is 1.90 bits per heavy atom. The first-order chi connectivity index (χ1) is 10.0. The van der Waals surface area contributed by atoms with E-state index in [0.29, 0.717) is 18.0 Å². The van der Waals surface area contributed by atoms with Crippen LogP contribution in [0.3, 0.4) is 0 Å². The first-order valence-electron chi connectivity index (χ1n) is 6.35. The SMILES string of the molecule is COc1ccc(Oc2ccc(CN)cc2C)c([N+](=O)[O-])c1. The highest BCUT2D eigenvalue weighted by atomic mass is 16.6. The number of nitro benzene ring substituents is 1. The van der Waals surface area contributed by atoms with Crippen molar-refractivity contribution in [1.82, 2.24) is 0 Å². The molecule has 0 aliphatic carbocycles. The quantitative estimate of drug-likeness (QED) is 0.674. The molecule has 0 bridgehead atoms. The Labute approximate surface area is 122 Å². The predicted molar refractivity (Wildman–Crippen MR) is 78.8 cm³/mol. The number of ether oxygens (including phenoxy) is 2. The van der Waals surface area contributed by atoms with Crippen molar-refractivity contribution in [2.45, 2.75) is 13.5 Å². The van der Waals surface area contributed by atoms with E-state index in [1.54, 1.807) is 12.1 Å². The van der Waals surface area contributed by atoms with E-state index in [1.165, 1.54) is 19.2 Å². The fourth-order valence-corrected chi connectivity index (χ4v) is 1.92. The van der Waals surface area contributed by atoms with Crippen molar-refractivity contribution < 1.29 is 14.4 Å². The smallest absolute Gasteiger partial charge is 0.315 e. The topological polar surface area (TPSA) is 87.6 Å². The number of benzene rings is 2. The van der Waals surface area contributed by atoms with E-state index in [0.717, 1.165) is 11.1 Å². The highest BCUT2D eigenvalue weighted by Crippen LogP contribution is 2.35. The van der Waals surface area contributed by atoms with Crippen molar-refractivity contribution >= 4 is 5.69 Å². The van der Waals surface area contributed by atoms with Gasteiger partial charge in [-0.2, -0.15) is 0 Å². The van der Waals surface area contributed by atoms with E-state index >= 15 is 0 Å². The molecule has 0 unspecified atom stereocenters. The summed E-state index contributed by atoms with van der Waals surface area (Å²) in [4.78, 5) is 10.6. The van der Waals surface area contributed by atoms with Gasteiger partial charge in [0.25, 0.3) is 0 Å². The molecule has 0 fully saturated rings. The number of aryl methyl sites for hydroxylation is 1. The van der Waals surface area contributed by atoms with Gasteiger partial charge in [0, 0.05) is 6.54 Å². The van der Waals surface area contributed by atoms with E-state index in [1.807, 2.05) is 19.1 Å². The first-order valence-corrected chi connectivity index (χ1v) is 6.35. The van der Waals surface area contributed by atoms with Crippen molar-refractivity contribution in [2.75, 3.05) is 7.11 Å². The zero-order chi connectivity index (χ0) is 15.4. The van der Waals surface area contributed by atoms with Crippen molar-refractivity contribution in [3.63, 3.8) is 0 Å². The van der Waals surface area contributed by atoms with Gasteiger partial charge in [-0.1, -0.05) is 12.1 Å². The summed E-state index contributed by atoms with van der Waals surface area (Å²) in [6.45, 7) is 2.30. The summed E-state index contributed by atoms with van der Waals surface area (Å²) in [5.41, 5.74) is 7.27. The maximum absolute atomic E-state index is 11.1. The highest BCUT2D eigenvalue weighted by Gasteiger charge is 2.18. The summed E-state index contributed by atoms with van der Waals surface area (Å²) in [7, 11) is 1.45. The monoisotopic (exact) mass is 288 g/mol. The summed E-state index contributed by atoms with van der Waals surface area (Å²) in [5, 5.41) is 11.1. The van der Waals surface area contributed by atoms with Gasteiger partial charge in [-0.05, 0) is 36.2 Å². The maximum Gasteiger partial charge on any atom is 0.315 e. The second kappa shape index (κ2) is 6.23. The third-order valence-corrected chi connectivity index (χ3v) is 3.06. The van der Waals surface area contributed by atoms with Crippen molar-refractivity contribution in [2.24, 2.45) is 5.73 Å². The van der Waals surface area contributed by atoms with Crippen LogP contribution in [0.25, 0.3) is 0 Å². The molecule has 0 aromatic heterocycles. The van der Waals surface area contributed by atoms with Gasteiger partial charge >= 0.3 is 5.69 Å². The third-order valence-electron chi connectivity index (χ3n) is 3.06. The van der Waals surface area contributed by atoms with Crippen molar-refractivity contribution in [3.05, 3.63) is 57.6 Å². The molecule has 0 atom stereocenters. The lowest BCUT2D eigenvalue weighted by Crippen LogP contribution is -1.98. The summed E-state index contributed by atoms with van der Waals surface area (Å²) in [6.07, 6.45) is 0. The van der Waals surface area contributed by atoms with E-state index in [9.17, 15) is 10.1 Å². The molecule has 6 heteroatoms. The molecule has 0 radical (unpaired) electrons. The summed E-state index contributed by atoms with van der Waals surface area (Å²) in [6, 6.07) is 9.95. The molecule has 21 heavy (non-hydrogen) atoms. The molecule has 0 aliphatic rings. The Bertz CT molecular complexity index is 671. The van der Waals surface area contributed by atoms with Crippen LogP contribution in [0.15, 0.2) is 36.4 Å². The van der Waals surface area contributed by atoms with Gasteiger partial charge < -0.3 is 15.2 Å². The molecule has 0 aliphatic heterocycles. The fourth-order valence-electron chi connectivity index (χ4n) is 1.92. The van der Waals surface area contributed by atoms with Gasteiger partial charge in [0.05, 0.1) is 18.1 Å². The standard InChI is InChI=1S/C15H16N2O4/c1-10-7-11(9-16)3-5-14(10)21-15-6-4-12(20-2)8-13(15)17(18)19/h3-8H,9,16H2,1-2H3. The van der Waals surface area contributed by atoms with Crippen molar-refractivity contribution in [3.8, 4) is 17.2 Å². The number of hydrogen-bond acceptors (Lipinski definition) is 5. The van der Waals surface area contributed by atoms with Crippen LogP contribution in [0.5, 0.6) is 17.2 Å². The fraction of sp³-hybridized carbons (Fsp3) is 0.200. The van der Waals surface area contributed by atoms with E-state index in [4.69, 9.17) is 15.2 Å². The molecule has 0 saturated carbocycles. The van der Waals surface area contributed by atoms with Crippen LogP contribution >= 0.6 is 0 Å². The van der Waals surface area contributed by atoms with Gasteiger partial charge in [0.15, 0.2) is 0 Å². The second-order valence-corrected chi connectivity index (χ2v) is 4.50. The van der Waals surface area contributed by atoms with Crippen LogP contribution in [0, 0.1) is 17.0 Å². The van der Waals surface area contributed by atoms with Gasteiger partial charge in [0.1, 0.15) is 11.5 Å². The Morgan fingerprint density at radius 1 is 1.19 bits per heavy atom. The van der Waals surface area contributed by atoms with Gasteiger partial charge in [-0.3, -0.25) is 10.1 Å². The Morgan fingerprint density at radius 3 is 2.48 bits per heavy atom. The predicted octanol–water partition coefficient (Wildman–Crippen LogP) is 3.16. The average Bonchev–Trinajstić information content (AvgIpc) is 2.49. The molecule has 0 amide bonds. The summed E-state index contributed by atoms with van der Waals surface area (Å²) < 4.78 is 10.7. The number of methoxy groups -OCH3 is 1. The van der Waals surface area contributed by atoms with E-state index in [-0.39, 0.29) is 11.4 Å². The van der Waals surface area contributed by atoms with Crippen LogP contribution in [0.4, 0.5) is 5.69 Å². The van der Waals surface area contributed by atoms with Crippen LogP contribution in [-0.4, -0.2) is 12.0 Å². The number of rotatable bonds is 5. The molecule has 0 spiro atoms. The van der Waals surface area contributed by atoms with Crippen LogP contribution in [0.1, 0.15) is 11.1 Å². The Hall–Kier alpha value is -2.60. The average molecular weight is 288 g/mol. The van der Waals surface area contributed by atoms with Crippen molar-refractivity contribution in [1.29, 1.82) is 0 Å². The minimum absolute atomic E-state index is 0.142. The molecule has 0 saturated heterocycles. The number of nitro groups is 1. The Kier molecular flexibility index (Phi) is 4.39. The molecule has 2 N–H and O–H groups in total. The molecular weight excluding hydrogens is 272 g/mol. The van der Waals surface area contributed by atoms with E-state index in [2.05, 4.69) is 0 Å². The first kappa shape index (κ1) is 14.8. The second-order valence-electron chi connectivity index (χ2n) is 4.50. The lowest BCUT2D eigenvalue weighted by molar-refractivity contribution is -0.385. The van der Waals surface area contributed by atoms with Crippen LogP contribution in [0.2, 0.25) is 0 Å². The van der Waals surface area contributed by atoms with Gasteiger partial charge in [0.2, 0.25) is 5.75 Å². The molecule has 2 aromatic carbocycles. The summed E-state index contributed by atoms with van der Waals surface area (Å²) >= 11 is 0. The maximum atomic E-state index is 11.1. The van der Waals surface area contributed by atoms with Gasteiger partial charge in [-0.25, -0.2) is 0 Å². The number of nitrogens with zero attached hydrogens (tertiary/aromatic N) is 1. The molecular formula is C15H16N2O4. The normalized spacial score (nSPS) is 10.2. The van der Waals surface area contributed by atoms with Gasteiger partial charge in [-0.15, -0.1) is 0 Å².